The second-order valence-corrected chi connectivity index (χ2v) is 8.95. The van der Waals surface area contributed by atoms with Crippen LogP contribution in [0.1, 0.15) is 24.1 Å². The summed E-state index contributed by atoms with van der Waals surface area (Å²) in [5.74, 6) is 0.0949. The van der Waals surface area contributed by atoms with E-state index >= 15 is 0 Å². The third kappa shape index (κ3) is 5.84. The predicted molar refractivity (Wildman–Crippen MR) is 108 cm³/mol. The Balaban J connectivity index is 1.63. The lowest BCUT2D eigenvalue weighted by Gasteiger charge is -2.39. The summed E-state index contributed by atoms with van der Waals surface area (Å²) < 4.78 is 26.6. The molecule has 1 aromatic heterocycles. The first-order valence-electron chi connectivity index (χ1n) is 9.45. The van der Waals surface area contributed by atoms with E-state index in [-0.39, 0.29) is 11.8 Å². The Hall–Kier alpha value is -1.80. The van der Waals surface area contributed by atoms with E-state index in [1.807, 2.05) is 24.4 Å². The maximum Gasteiger partial charge on any atom is 0.211 e. The molecule has 0 amide bonds. The fourth-order valence-corrected chi connectivity index (χ4v) is 4.03. The van der Waals surface area contributed by atoms with Crippen LogP contribution >= 0.6 is 0 Å². The number of hydrogen-bond acceptors (Lipinski definition) is 5. The van der Waals surface area contributed by atoms with E-state index in [1.165, 1.54) is 5.56 Å². The van der Waals surface area contributed by atoms with Gasteiger partial charge in [-0.25, -0.2) is 13.1 Å². The highest BCUT2D eigenvalue weighted by molar-refractivity contribution is 7.89. The fourth-order valence-electron chi connectivity index (χ4n) is 3.41. The molecule has 0 spiro atoms. The number of aromatic nitrogens is 1. The number of rotatable bonds is 8. The molecule has 7 heteroatoms. The summed E-state index contributed by atoms with van der Waals surface area (Å²) in [5, 5.41) is 0. The predicted octanol–water partition coefficient (Wildman–Crippen LogP) is 1.88. The van der Waals surface area contributed by atoms with Gasteiger partial charge < -0.3 is 0 Å². The molecular weight excluding hydrogens is 360 g/mol. The molecule has 27 heavy (non-hydrogen) atoms. The normalized spacial score (nSPS) is 17.7. The Morgan fingerprint density at radius 2 is 1.81 bits per heavy atom. The van der Waals surface area contributed by atoms with Crippen LogP contribution in [0.4, 0.5) is 0 Å². The van der Waals surface area contributed by atoms with E-state index in [0.717, 1.165) is 38.3 Å². The van der Waals surface area contributed by atoms with Crippen molar-refractivity contribution in [2.24, 2.45) is 0 Å². The van der Waals surface area contributed by atoms with Crippen LogP contribution in [0.5, 0.6) is 0 Å². The van der Waals surface area contributed by atoms with Crippen LogP contribution in [0.15, 0.2) is 54.9 Å². The molecule has 0 aliphatic carbocycles. The number of benzene rings is 1. The molecule has 1 aliphatic heterocycles. The molecule has 1 aliphatic rings. The van der Waals surface area contributed by atoms with Gasteiger partial charge in [0.1, 0.15) is 0 Å². The number of nitrogens with one attached hydrogen (secondary N) is 1. The molecule has 146 valence electrons. The smallest absolute Gasteiger partial charge is 0.211 e. The van der Waals surface area contributed by atoms with Gasteiger partial charge in [0, 0.05) is 57.7 Å². The summed E-state index contributed by atoms with van der Waals surface area (Å²) in [7, 11) is -3.22. The van der Waals surface area contributed by atoms with Crippen molar-refractivity contribution < 1.29 is 8.42 Å². The lowest BCUT2D eigenvalue weighted by Crippen LogP contribution is -2.49. The van der Waals surface area contributed by atoms with E-state index in [4.69, 9.17) is 0 Å². The minimum atomic E-state index is -3.22. The lowest BCUT2D eigenvalue weighted by atomic mass is 10.1. The molecule has 3 rings (SSSR count). The van der Waals surface area contributed by atoms with Crippen LogP contribution < -0.4 is 4.72 Å². The second-order valence-electron chi connectivity index (χ2n) is 6.85. The summed E-state index contributed by atoms with van der Waals surface area (Å²) in [6, 6.07) is 14.4. The van der Waals surface area contributed by atoms with Gasteiger partial charge in [-0.15, -0.1) is 0 Å². The van der Waals surface area contributed by atoms with Crippen molar-refractivity contribution in [1.82, 2.24) is 19.5 Å². The average Bonchev–Trinajstić information content (AvgIpc) is 2.71. The van der Waals surface area contributed by atoms with Crippen molar-refractivity contribution >= 4 is 10.0 Å². The van der Waals surface area contributed by atoms with E-state index < -0.39 is 10.0 Å². The van der Waals surface area contributed by atoms with Crippen LogP contribution in [0.3, 0.4) is 0 Å². The second kappa shape index (κ2) is 9.41. The standard InChI is InChI=1S/C20H28N4O2S/c1-2-27(25,26)22-16-20(19-9-6-10-21-15-19)24-13-11-23(12-14-24)17-18-7-4-3-5-8-18/h3-10,15,20,22H,2,11-14,16-17H2,1H3. The first-order valence-corrected chi connectivity index (χ1v) is 11.1. The van der Waals surface area contributed by atoms with Gasteiger partial charge in [0.05, 0.1) is 5.75 Å². The van der Waals surface area contributed by atoms with Crippen LogP contribution in [0.2, 0.25) is 0 Å². The summed E-state index contributed by atoms with van der Waals surface area (Å²) in [4.78, 5) is 9.03. The number of nitrogens with zero attached hydrogens (tertiary/aromatic N) is 3. The number of sulfonamides is 1. The maximum atomic E-state index is 11.9. The highest BCUT2D eigenvalue weighted by Crippen LogP contribution is 2.22. The Morgan fingerprint density at radius 1 is 1.07 bits per heavy atom. The molecule has 1 aromatic carbocycles. The van der Waals surface area contributed by atoms with Gasteiger partial charge >= 0.3 is 0 Å². The number of pyridine rings is 1. The molecular formula is C20H28N4O2S. The third-order valence-corrected chi connectivity index (χ3v) is 6.41. The van der Waals surface area contributed by atoms with Gasteiger partial charge in [-0.2, -0.15) is 0 Å². The summed E-state index contributed by atoms with van der Waals surface area (Å²) in [6.07, 6.45) is 3.58. The Morgan fingerprint density at radius 3 is 2.44 bits per heavy atom. The Labute approximate surface area is 162 Å². The molecule has 1 fully saturated rings. The average molecular weight is 389 g/mol. The number of piperazine rings is 1. The zero-order valence-corrected chi connectivity index (χ0v) is 16.6. The molecule has 1 saturated heterocycles. The quantitative estimate of drug-likeness (QED) is 0.748. The molecule has 1 unspecified atom stereocenters. The highest BCUT2D eigenvalue weighted by Gasteiger charge is 2.26. The van der Waals surface area contributed by atoms with Crippen LogP contribution in [-0.2, 0) is 16.6 Å². The van der Waals surface area contributed by atoms with Crippen molar-refractivity contribution in [3.05, 3.63) is 66.0 Å². The molecule has 0 bridgehead atoms. The summed E-state index contributed by atoms with van der Waals surface area (Å²) in [6.45, 7) is 6.72. The molecule has 2 aromatic rings. The van der Waals surface area contributed by atoms with E-state index in [9.17, 15) is 8.42 Å². The van der Waals surface area contributed by atoms with Gasteiger partial charge in [0.2, 0.25) is 10.0 Å². The minimum absolute atomic E-state index is 0.00102. The molecule has 0 radical (unpaired) electrons. The zero-order valence-electron chi connectivity index (χ0n) is 15.8. The van der Waals surface area contributed by atoms with Crippen molar-refractivity contribution in [2.45, 2.75) is 19.5 Å². The molecule has 6 nitrogen and oxygen atoms in total. The molecule has 1 atom stereocenters. The lowest BCUT2D eigenvalue weighted by molar-refractivity contribution is 0.0927. The van der Waals surface area contributed by atoms with Crippen molar-refractivity contribution in [3.8, 4) is 0 Å². The van der Waals surface area contributed by atoms with Gasteiger partial charge in [0.15, 0.2) is 0 Å². The van der Waals surface area contributed by atoms with Gasteiger partial charge in [0.25, 0.3) is 0 Å². The van der Waals surface area contributed by atoms with Crippen molar-refractivity contribution in [1.29, 1.82) is 0 Å². The van der Waals surface area contributed by atoms with Crippen LogP contribution in [-0.4, -0.2) is 61.7 Å². The van der Waals surface area contributed by atoms with Gasteiger partial charge in [-0.05, 0) is 24.1 Å². The van der Waals surface area contributed by atoms with Crippen molar-refractivity contribution in [3.63, 3.8) is 0 Å². The third-order valence-electron chi connectivity index (χ3n) is 5.04. The van der Waals surface area contributed by atoms with E-state index in [0.29, 0.717) is 6.54 Å². The fraction of sp³-hybridized carbons (Fsp3) is 0.450. The number of hydrogen-bond donors (Lipinski definition) is 1. The van der Waals surface area contributed by atoms with Crippen LogP contribution in [0, 0.1) is 0 Å². The van der Waals surface area contributed by atoms with E-state index in [2.05, 4.69) is 43.8 Å². The summed E-state index contributed by atoms with van der Waals surface area (Å²) in [5.41, 5.74) is 2.37. The first-order chi connectivity index (χ1) is 13.1. The zero-order chi connectivity index (χ0) is 19.1. The highest BCUT2D eigenvalue weighted by atomic mass is 32.2. The topological polar surface area (TPSA) is 65.5 Å². The summed E-state index contributed by atoms with van der Waals surface area (Å²) >= 11 is 0. The molecule has 1 N–H and O–H groups in total. The first kappa shape index (κ1) is 19.9. The maximum absolute atomic E-state index is 11.9. The monoisotopic (exact) mass is 388 g/mol. The Kier molecular flexibility index (Phi) is 6.95. The van der Waals surface area contributed by atoms with E-state index in [1.54, 1.807) is 13.1 Å². The minimum Gasteiger partial charge on any atom is -0.297 e. The van der Waals surface area contributed by atoms with Gasteiger partial charge in [-0.3, -0.25) is 14.8 Å². The van der Waals surface area contributed by atoms with Crippen LogP contribution in [0.25, 0.3) is 0 Å². The molecule has 2 heterocycles. The largest absolute Gasteiger partial charge is 0.297 e. The van der Waals surface area contributed by atoms with Crippen molar-refractivity contribution in [2.75, 3.05) is 38.5 Å². The SMILES string of the molecule is CCS(=O)(=O)NCC(c1cccnc1)N1CCN(Cc2ccccc2)CC1. The Bertz CT molecular complexity index is 791. The van der Waals surface area contributed by atoms with Gasteiger partial charge in [-0.1, -0.05) is 36.4 Å². The molecule has 0 saturated carbocycles.